The van der Waals surface area contributed by atoms with Crippen LogP contribution in [0.1, 0.15) is 78.1 Å². The second kappa shape index (κ2) is 4.46. The molecule has 5 atom stereocenters. The van der Waals surface area contributed by atoms with Gasteiger partial charge >= 0.3 is 0 Å². The van der Waals surface area contributed by atoms with Crippen LogP contribution in [0.3, 0.4) is 0 Å². The van der Waals surface area contributed by atoms with Crippen LogP contribution in [-0.2, 0) is 0 Å². The zero-order chi connectivity index (χ0) is 13.7. The fourth-order valence-electron chi connectivity index (χ4n) is 6.34. The van der Waals surface area contributed by atoms with E-state index in [9.17, 15) is 0 Å². The SMILES string of the molecule is CCCCCC12CC3CC(N)(C1)C(N)C(CC)(C3)C2. The predicted octanol–water partition coefficient (Wildman–Crippen LogP) is 3.58. The molecule has 0 aromatic carbocycles. The van der Waals surface area contributed by atoms with E-state index < -0.39 is 0 Å². The van der Waals surface area contributed by atoms with E-state index in [2.05, 4.69) is 13.8 Å². The van der Waals surface area contributed by atoms with Crippen LogP contribution in [0.25, 0.3) is 0 Å². The third-order valence-electron chi connectivity index (χ3n) is 6.81. The fourth-order valence-corrected chi connectivity index (χ4v) is 6.34. The average Bonchev–Trinajstić information content (AvgIpc) is 2.35. The van der Waals surface area contributed by atoms with Gasteiger partial charge in [-0.05, 0) is 61.7 Å². The molecule has 0 radical (unpaired) electrons. The minimum Gasteiger partial charge on any atom is -0.326 e. The third-order valence-corrected chi connectivity index (χ3v) is 6.81. The summed E-state index contributed by atoms with van der Waals surface area (Å²) in [5.41, 5.74) is 14.3. The van der Waals surface area contributed by atoms with Crippen LogP contribution in [0.2, 0.25) is 0 Å². The monoisotopic (exact) mass is 264 g/mol. The highest BCUT2D eigenvalue weighted by Gasteiger charge is 2.65. The molecule has 0 aliphatic heterocycles. The van der Waals surface area contributed by atoms with E-state index in [1.807, 2.05) is 0 Å². The first kappa shape index (κ1) is 13.9. The third kappa shape index (κ3) is 1.98. The van der Waals surface area contributed by atoms with Crippen LogP contribution < -0.4 is 11.5 Å². The molecule has 4 saturated carbocycles. The van der Waals surface area contributed by atoms with Crippen LogP contribution in [0.15, 0.2) is 0 Å². The molecule has 4 aliphatic carbocycles. The van der Waals surface area contributed by atoms with Gasteiger partial charge in [0.05, 0.1) is 0 Å². The van der Waals surface area contributed by atoms with Gasteiger partial charge in [-0.1, -0.05) is 33.1 Å². The topological polar surface area (TPSA) is 52.0 Å². The van der Waals surface area contributed by atoms with E-state index >= 15 is 0 Å². The Balaban J connectivity index is 1.85. The molecule has 110 valence electrons. The average molecular weight is 264 g/mol. The second-order valence-corrected chi connectivity index (χ2v) is 8.22. The van der Waals surface area contributed by atoms with E-state index in [1.54, 1.807) is 0 Å². The van der Waals surface area contributed by atoms with Crippen molar-refractivity contribution in [2.24, 2.45) is 28.2 Å². The van der Waals surface area contributed by atoms with Gasteiger partial charge in [-0.25, -0.2) is 0 Å². The molecule has 4 aliphatic rings. The minimum absolute atomic E-state index is 0.0400. The predicted molar refractivity (Wildman–Crippen MR) is 80.8 cm³/mol. The summed E-state index contributed by atoms with van der Waals surface area (Å²) in [5, 5.41) is 0. The van der Waals surface area contributed by atoms with Crippen molar-refractivity contribution in [1.29, 1.82) is 0 Å². The molecule has 0 aromatic rings. The zero-order valence-electron chi connectivity index (χ0n) is 12.9. The lowest BCUT2D eigenvalue weighted by Crippen LogP contribution is -2.74. The van der Waals surface area contributed by atoms with Gasteiger partial charge in [-0.3, -0.25) is 0 Å². The Hall–Kier alpha value is -0.0800. The maximum atomic E-state index is 6.79. The zero-order valence-corrected chi connectivity index (χ0v) is 12.9. The van der Waals surface area contributed by atoms with Gasteiger partial charge in [0.15, 0.2) is 0 Å². The van der Waals surface area contributed by atoms with Crippen molar-refractivity contribution in [2.45, 2.75) is 89.6 Å². The Morgan fingerprint density at radius 3 is 2.53 bits per heavy atom. The maximum absolute atomic E-state index is 6.79. The molecule has 0 saturated heterocycles. The van der Waals surface area contributed by atoms with Crippen LogP contribution in [0.4, 0.5) is 0 Å². The van der Waals surface area contributed by atoms with Gasteiger partial charge in [0.25, 0.3) is 0 Å². The van der Waals surface area contributed by atoms with Gasteiger partial charge in [0.1, 0.15) is 0 Å². The van der Waals surface area contributed by atoms with Crippen LogP contribution >= 0.6 is 0 Å². The molecule has 2 heteroatoms. The summed E-state index contributed by atoms with van der Waals surface area (Å²) in [6.07, 6.45) is 13.3. The van der Waals surface area contributed by atoms with Crippen LogP contribution in [-0.4, -0.2) is 11.6 Å². The minimum atomic E-state index is -0.0400. The largest absolute Gasteiger partial charge is 0.326 e. The highest BCUT2D eigenvalue weighted by molar-refractivity contribution is 5.21. The summed E-state index contributed by atoms with van der Waals surface area (Å²) in [4.78, 5) is 0. The van der Waals surface area contributed by atoms with E-state index in [4.69, 9.17) is 11.5 Å². The Labute approximate surface area is 118 Å². The summed E-state index contributed by atoms with van der Waals surface area (Å²) in [6, 6.07) is 0.251. The molecular weight excluding hydrogens is 232 g/mol. The van der Waals surface area contributed by atoms with Crippen molar-refractivity contribution in [2.75, 3.05) is 0 Å². The van der Waals surface area contributed by atoms with Crippen molar-refractivity contribution in [3.05, 3.63) is 0 Å². The van der Waals surface area contributed by atoms with E-state index in [-0.39, 0.29) is 11.6 Å². The molecule has 19 heavy (non-hydrogen) atoms. The molecule has 4 N–H and O–H groups in total. The molecule has 0 amide bonds. The van der Waals surface area contributed by atoms with Crippen LogP contribution in [0, 0.1) is 16.7 Å². The maximum Gasteiger partial charge on any atom is 0.0321 e. The van der Waals surface area contributed by atoms with E-state index in [0.717, 1.165) is 5.92 Å². The lowest BCUT2D eigenvalue weighted by molar-refractivity contribution is -0.141. The lowest BCUT2D eigenvalue weighted by Gasteiger charge is -2.69. The molecule has 4 fully saturated rings. The number of rotatable bonds is 5. The molecule has 4 rings (SSSR count). The summed E-state index contributed by atoms with van der Waals surface area (Å²) < 4.78 is 0. The summed E-state index contributed by atoms with van der Waals surface area (Å²) in [5.74, 6) is 0.869. The highest BCUT2D eigenvalue weighted by Crippen LogP contribution is 2.67. The van der Waals surface area contributed by atoms with Crippen molar-refractivity contribution in [3.63, 3.8) is 0 Å². The normalized spacial score (nSPS) is 51.8. The lowest BCUT2D eigenvalue weighted by atomic mass is 9.39. The summed E-state index contributed by atoms with van der Waals surface area (Å²) >= 11 is 0. The highest BCUT2D eigenvalue weighted by atomic mass is 14.9. The first-order chi connectivity index (χ1) is 8.98. The van der Waals surface area contributed by atoms with Crippen molar-refractivity contribution in [3.8, 4) is 0 Å². The van der Waals surface area contributed by atoms with E-state index in [0.29, 0.717) is 10.8 Å². The van der Waals surface area contributed by atoms with Gasteiger partial charge in [-0.15, -0.1) is 0 Å². The number of hydrogen-bond acceptors (Lipinski definition) is 2. The van der Waals surface area contributed by atoms with Gasteiger partial charge in [0, 0.05) is 11.6 Å². The van der Waals surface area contributed by atoms with Gasteiger partial charge in [0.2, 0.25) is 0 Å². The summed E-state index contributed by atoms with van der Waals surface area (Å²) in [7, 11) is 0. The Morgan fingerprint density at radius 2 is 1.84 bits per heavy atom. The van der Waals surface area contributed by atoms with Gasteiger partial charge < -0.3 is 11.5 Å². The fraction of sp³-hybridized carbons (Fsp3) is 1.00. The molecule has 0 aromatic heterocycles. The number of hydrogen-bond donors (Lipinski definition) is 2. The standard InChI is InChI=1S/C17H32N2/c1-3-5-6-7-15-8-13-9-16(4-2,11-15)14(18)17(19,10-13)12-15/h13-14H,3-12,18-19H2,1-2H3. The Morgan fingerprint density at radius 1 is 1.05 bits per heavy atom. The van der Waals surface area contributed by atoms with Crippen molar-refractivity contribution >= 4 is 0 Å². The van der Waals surface area contributed by atoms with Crippen LogP contribution in [0.5, 0.6) is 0 Å². The first-order valence-electron chi connectivity index (χ1n) is 8.52. The quantitative estimate of drug-likeness (QED) is 0.746. The van der Waals surface area contributed by atoms with Crippen molar-refractivity contribution < 1.29 is 0 Å². The molecular formula is C17H32N2. The Bertz CT molecular complexity index is 355. The number of nitrogens with two attached hydrogens (primary N) is 2. The summed E-state index contributed by atoms with van der Waals surface area (Å²) in [6.45, 7) is 4.64. The second-order valence-electron chi connectivity index (χ2n) is 8.22. The number of unbranched alkanes of at least 4 members (excludes halogenated alkanes) is 2. The van der Waals surface area contributed by atoms with Crippen molar-refractivity contribution in [1.82, 2.24) is 0 Å². The molecule has 4 bridgehead atoms. The molecule has 0 spiro atoms. The molecule has 5 unspecified atom stereocenters. The molecule has 2 nitrogen and oxygen atoms in total. The smallest absolute Gasteiger partial charge is 0.0321 e. The Kier molecular flexibility index (Phi) is 3.26. The van der Waals surface area contributed by atoms with E-state index in [1.165, 1.54) is 64.2 Å². The first-order valence-corrected chi connectivity index (χ1v) is 8.52. The van der Waals surface area contributed by atoms with Gasteiger partial charge in [-0.2, -0.15) is 0 Å². The molecule has 0 heterocycles.